The number of hydrogen-bond donors (Lipinski definition) is 0. The van der Waals surface area contributed by atoms with Crippen molar-refractivity contribution in [2.24, 2.45) is 5.16 Å². The Bertz CT molecular complexity index is 108. The Morgan fingerprint density at radius 2 is 2.40 bits per heavy atom. The van der Waals surface area contributed by atoms with Crippen molar-refractivity contribution in [3.05, 3.63) is 0 Å². The van der Waals surface area contributed by atoms with Gasteiger partial charge in [0.05, 0.1) is 0 Å². The van der Waals surface area contributed by atoms with Crippen LogP contribution in [0, 0.1) is 0 Å². The van der Waals surface area contributed by atoms with Crippen LogP contribution in [0.1, 0.15) is 39.0 Å². The van der Waals surface area contributed by atoms with E-state index in [4.69, 9.17) is 4.84 Å². The molecule has 0 unspecified atom stereocenters. The van der Waals surface area contributed by atoms with Crippen LogP contribution in [0.2, 0.25) is 0 Å². The summed E-state index contributed by atoms with van der Waals surface area (Å²) in [6.07, 6.45) is 8.24. The van der Waals surface area contributed by atoms with E-state index in [9.17, 15) is 0 Å². The van der Waals surface area contributed by atoms with Crippen molar-refractivity contribution >= 4 is 6.21 Å². The lowest BCUT2D eigenvalue weighted by Gasteiger charge is -1.91. The SMILES string of the molecule is CCCCC=NOC1CC1. The molecule has 0 saturated heterocycles. The first-order valence-electron chi connectivity index (χ1n) is 4.11. The van der Waals surface area contributed by atoms with E-state index in [1.54, 1.807) is 0 Å². The van der Waals surface area contributed by atoms with Crippen LogP contribution in [0.15, 0.2) is 5.16 Å². The van der Waals surface area contributed by atoms with Crippen LogP contribution in [0.5, 0.6) is 0 Å². The van der Waals surface area contributed by atoms with Crippen LogP contribution >= 0.6 is 0 Å². The van der Waals surface area contributed by atoms with E-state index in [2.05, 4.69) is 12.1 Å². The second-order valence-corrected chi connectivity index (χ2v) is 2.73. The molecule has 0 atom stereocenters. The van der Waals surface area contributed by atoms with Gasteiger partial charge < -0.3 is 4.84 Å². The topological polar surface area (TPSA) is 21.6 Å². The summed E-state index contributed by atoms with van der Waals surface area (Å²) >= 11 is 0. The molecule has 0 aromatic heterocycles. The third kappa shape index (κ3) is 3.49. The van der Waals surface area contributed by atoms with E-state index in [1.807, 2.05) is 6.21 Å². The molecule has 0 aromatic rings. The van der Waals surface area contributed by atoms with E-state index < -0.39 is 0 Å². The number of hydrogen-bond acceptors (Lipinski definition) is 2. The van der Waals surface area contributed by atoms with Gasteiger partial charge in [-0.3, -0.25) is 0 Å². The third-order valence-electron chi connectivity index (χ3n) is 1.50. The zero-order valence-corrected chi connectivity index (χ0v) is 6.55. The Labute approximate surface area is 62.3 Å². The molecular weight excluding hydrogens is 126 g/mol. The molecule has 0 aromatic carbocycles. The van der Waals surface area contributed by atoms with Gasteiger partial charge in [-0.25, -0.2) is 0 Å². The van der Waals surface area contributed by atoms with Crippen LogP contribution in [-0.4, -0.2) is 12.3 Å². The average Bonchev–Trinajstić information content (AvgIpc) is 2.71. The molecule has 2 heteroatoms. The summed E-state index contributed by atoms with van der Waals surface area (Å²) in [5.74, 6) is 0. The molecule has 10 heavy (non-hydrogen) atoms. The minimum Gasteiger partial charge on any atom is -0.393 e. The molecule has 0 N–H and O–H groups in total. The van der Waals surface area contributed by atoms with E-state index in [-0.39, 0.29) is 0 Å². The van der Waals surface area contributed by atoms with Gasteiger partial charge in [-0.2, -0.15) is 0 Å². The fraction of sp³-hybridized carbons (Fsp3) is 0.875. The summed E-state index contributed by atoms with van der Waals surface area (Å²) in [7, 11) is 0. The van der Waals surface area contributed by atoms with Crippen molar-refractivity contribution in [1.29, 1.82) is 0 Å². The molecule has 1 rings (SSSR count). The number of nitrogens with zero attached hydrogens (tertiary/aromatic N) is 1. The fourth-order valence-corrected chi connectivity index (χ4v) is 0.651. The summed E-state index contributed by atoms with van der Waals surface area (Å²) in [6.45, 7) is 2.18. The maximum absolute atomic E-state index is 5.07. The zero-order chi connectivity index (χ0) is 7.23. The molecule has 58 valence electrons. The Kier molecular flexibility index (Phi) is 3.27. The minimum absolute atomic E-state index is 0.456. The van der Waals surface area contributed by atoms with Crippen molar-refractivity contribution in [3.8, 4) is 0 Å². The maximum Gasteiger partial charge on any atom is 0.127 e. The Morgan fingerprint density at radius 3 is 3.00 bits per heavy atom. The molecule has 0 spiro atoms. The summed E-state index contributed by atoms with van der Waals surface area (Å²) in [5.41, 5.74) is 0. The molecule has 1 aliphatic carbocycles. The first-order chi connectivity index (χ1) is 4.93. The average molecular weight is 141 g/mol. The number of rotatable bonds is 5. The molecule has 0 bridgehead atoms. The van der Waals surface area contributed by atoms with Gasteiger partial charge in [0.25, 0.3) is 0 Å². The van der Waals surface area contributed by atoms with Crippen LogP contribution < -0.4 is 0 Å². The Hall–Kier alpha value is -0.530. The lowest BCUT2D eigenvalue weighted by Crippen LogP contribution is -1.84. The molecule has 1 aliphatic rings. The van der Waals surface area contributed by atoms with Crippen LogP contribution in [0.25, 0.3) is 0 Å². The highest BCUT2D eigenvalue weighted by atomic mass is 16.6. The highest BCUT2D eigenvalue weighted by Gasteiger charge is 2.22. The van der Waals surface area contributed by atoms with Crippen molar-refractivity contribution in [2.45, 2.75) is 45.1 Å². The number of unbranched alkanes of at least 4 members (excludes halogenated alkanes) is 2. The van der Waals surface area contributed by atoms with Gasteiger partial charge in [0.15, 0.2) is 0 Å². The smallest absolute Gasteiger partial charge is 0.127 e. The highest BCUT2D eigenvalue weighted by Crippen LogP contribution is 2.23. The van der Waals surface area contributed by atoms with Crippen molar-refractivity contribution in [2.75, 3.05) is 0 Å². The number of oxime groups is 1. The minimum atomic E-state index is 0.456. The van der Waals surface area contributed by atoms with Gasteiger partial charge in [0.2, 0.25) is 0 Å². The largest absolute Gasteiger partial charge is 0.393 e. The molecule has 0 aliphatic heterocycles. The van der Waals surface area contributed by atoms with Gasteiger partial charge in [0, 0.05) is 6.21 Å². The van der Waals surface area contributed by atoms with Gasteiger partial charge in [-0.15, -0.1) is 0 Å². The van der Waals surface area contributed by atoms with Crippen LogP contribution in [0.3, 0.4) is 0 Å². The molecule has 2 nitrogen and oxygen atoms in total. The van der Waals surface area contributed by atoms with E-state index in [0.717, 1.165) is 6.42 Å². The van der Waals surface area contributed by atoms with Gasteiger partial charge in [0.1, 0.15) is 6.10 Å². The van der Waals surface area contributed by atoms with Gasteiger partial charge in [-0.05, 0) is 25.7 Å². The first kappa shape index (κ1) is 7.58. The predicted molar refractivity (Wildman–Crippen MR) is 42.1 cm³/mol. The molecule has 1 saturated carbocycles. The summed E-state index contributed by atoms with van der Waals surface area (Å²) in [4.78, 5) is 5.07. The first-order valence-corrected chi connectivity index (χ1v) is 4.11. The molecule has 0 heterocycles. The fourth-order valence-electron chi connectivity index (χ4n) is 0.651. The van der Waals surface area contributed by atoms with Crippen LogP contribution in [-0.2, 0) is 4.84 Å². The molecule has 0 radical (unpaired) electrons. The van der Waals surface area contributed by atoms with Gasteiger partial charge in [-0.1, -0.05) is 18.5 Å². The van der Waals surface area contributed by atoms with Gasteiger partial charge >= 0.3 is 0 Å². The van der Waals surface area contributed by atoms with Crippen molar-refractivity contribution in [3.63, 3.8) is 0 Å². The molecule has 1 fully saturated rings. The van der Waals surface area contributed by atoms with E-state index >= 15 is 0 Å². The Morgan fingerprint density at radius 1 is 1.60 bits per heavy atom. The molecular formula is C8H15NO. The van der Waals surface area contributed by atoms with Crippen molar-refractivity contribution in [1.82, 2.24) is 0 Å². The normalized spacial score (nSPS) is 18.1. The Balaban J connectivity index is 1.84. The second-order valence-electron chi connectivity index (χ2n) is 2.73. The van der Waals surface area contributed by atoms with Crippen LogP contribution in [0.4, 0.5) is 0 Å². The lowest BCUT2D eigenvalue weighted by atomic mass is 10.3. The summed E-state index contributed by atoms with van der Waals surface area (Å²) < 4.78 is 0. The second kappa shape index (κ2) is 4.31. The highest BCUT2D eigenvalue weighted by molar-refractivity contribution is 5.56. The standard InChI is InChI=1S/C8H15NO/c1-2-3-4-7-9-10-8-5-6-8/h7-8H,2-6H2,1H3. The third-order valence-corrected chi connectivity index (χ3v) is 1.50. The lowest BCUT2D eigenvalue weighted by molar-refractivity contribution is 0.130. The quantitative estimate of drug-likeness (QED) is 0.327. The predicted octanol–water partition coefficient (Wildman–Crippen LogP) is 2.34. The summed E-state index contributed by atoms with van der Waals surface area (Å²) in [5, 5.41) is 3.85. The zero-order valence-electron chi connectivity index (χ0n) is 6.55. The van der Waals surface area contributed by atoms with E-state index in [1.165, 1.54) is 25.7 Å². The van der Waals surface area contributed by atoms with Crippen molar-refractivity contribution < 1.29 is 4.84 Å². The maximum atomic E-state index is 5.07. The molecule has 0 amide bonds. The monoisotopic (exact) mass is 141 g/mol. The van der Waals surface area contributed by atoms with E-state index in [0.29, 0.717) is 6.10 Å². The summed E-state index contributed by atoms with van der Waals surface area (Å²) in [6, 6.07) is 0.